The summed E-state index contributed by atoms with van der Waals surface area (Å²) in [6, 6.07) is 21.0. The lowest BCUT2D eigenvalue weighted by Crippen LogP contribution is -2.44. The van der Waals surface area contributed by atoms with Crippen molar-refractivity contribution < 1.29 is 14.7 Å². The predicted octanol–water partition coefficient (Wildman–Crippen LogP) is 4.28. The fourth-order valence-electron chi connectivity index (χ4n) is 3.63. The van der Waals surface area contributed by atoms with E-state index in [2.05, 4.69) is 5.32 Å². The van der Waals surface area contributed by atoms with E-state index in [0.29, 0.717) is 27.5 Å². The summed E-state index contributed by atoms with van der Waals surface area (Å²) < 4.78 is 0. The van der Waals surface area contributed by atoms with Crippen molar-refractivity contribution in [3.8, 4) is 0 Å². The van der Waals surface area contributed by atoms with Crippen molar-refractivity contribution >= 4 is 46.6 Å². The summed E-state index contributed by atoms with van der Waals surface area (Å²) in [4.78, 5) is 28.4. The van der Waals surface area contributed by atoms with E-state index in [1.165, 1.54) is 4.90 Å². The standard InChI is InChI=1S/C23H19ClN2O3S/c1-30-18-9-5-8-17(13-18)25-21(27)14-26-20-11-3-2-10-19(20)23(29,22(26)28)15-6-4-7-16(24)12-15/h2-13,29H,14H2,1H3,(H,25,27)/t23-/m1/s1. The normalized spacial score (nSPS) is 17.7. The molecule has 1 aliphatic rings. The molecule has 30 heavy (non-hydrogen) atoms. The molecular formula is C23H19ClN2O3S. The van der Waals surface area contributed by atoms with Crippen molar-refractivity contribution in [3.05, 3.63) is 88.9 Å². The highest BCUT2D eigenvalue weighted by Crippen LogP contribution is 2.44. The number of hydrogen-bond acceptors (Lipinski definition) is 4. The Balaban J connectivity index is 1.64. The maximum Gasteiger partial charge on any atom is 0.268 e. The Labute approximate surface area is 183 Å². The Morgan fingerprint density at radius 1 is 1.10 bits per heavy atom. The van der Waals surface area contributed by atoms with Crippen LogP contribution in [0.3, 0.4) is 0 Å². The van der Waals surface area contributed by atoms with Gasteiger partial charge < -0.3 is 10.4 Å². The van der Waals surface area contributed by atoms with Gasteiger partial charge in [0.25, 0.3) is 5.91 Å². The van der Waals surface area contributed by atoms with Crippen LogP contribution in [-0.4, -0.2) is 29.7 Å². The molecule has 152 valence electrons. The quantitative estimate of drug-likeness (QED) is 0.583. The molecule has 0 aliphatic carbocycles. The van der Waals surface area contributed by atoms with Gasteiger partial charge >= 0.3 is 0 Å². The van der Waals surface area contributed by atoms with E-state index in [4.69, 9.17) is 11.6 Å². The summed E-state index contributed by atoms with van der Waals surface area (Å²) in [5.41, 5.74) is 0.0351. The first kappa shape index (κ1) is 20.5. The first-order valence-electron chi connectivity index (χ1n) is 9.27. The second-order valence-corrected chi connectivity index (χ2v) is 8.23. The summed E-state index contributed by atoms with van der Waals surface area (Å²) in [6.07, 6.45) is 1.96. The first-order chi connectivity index (χ1) is 14.4. The molecular weight excluding hydrogens is 420 g/mol. The molecule has 2 amide bonds. The number of thioether (sulfide) groups is 1. The molecule has 3 aromatic carbocycles. The molecule has 0 fully saturated rings. The van der Waals surface area contributed by atoms with Crippen LogP contribution in [0.1, 0.15) is 11.1 Å². The van der Waals surface area contributed by atoms with E-state index >= 15 is 0 Å². The highest BCUT2D eigenvalue weighted by molar-refractivity contribution is 7.98. The van der Waals surface area contributed by atoms with Gasteiger partial charge in [-0.2, -0.15) is 0 Å². The number of hydrogen-bond donors (Lipinski definition) is 2. The van der Waals surface area contributed by atoms with E-state index in [1.54, 1.807) is 66.4 Å². The molecule has 3 aromatic rings. The Morgan fingerprint density at radius 3 is 2.63 bits per heavy atom. The molecule has 0 saturated heterocycles. The summed E-state index contributed by atoms with van der Waals surface area (Å²) in [5.74, 6) is -0.939. The molecule has 0 aromatic heterocycles. The zero-order valence-corrected chi connectivity index (χ0v) is 17.7. The van der Waals surface area contributed by atoms with E-state index in [9.17, 15) is 14.7 Å². The Bertz CT molecular complexity index is 1140. The van der Waals surface area contributed by atoms with Crippen molar-refractivity contribution in [2.75, 3.05) is 23.0 Å². The third kappa shape index (κ3) is 3.58. The van der Waals surface area contributed by atoms with Crippen LogP contribution in [0.5, 0.6) is 0 Å². The number of fused-ring (bicyclic) bond motifs is 1. The summed E-state index contributed by atoms with van der Waals surface area (Å²) in [7, 11) is 0. The van der Waals surface area contributed by atoms with E-state index in [1.807, 2.05) is 24.5 Å². The van der Waals surface area contributed by atoms with Gasteiger partial charge in [0.1, 0.15) is 6.54 Å². The number of anilines is 2. The Kier molecular flexibility index (Phi) is 5.56. The Morgan fingerprint density at radius 2 is 1.87 bits per heavy atom. The van der Waals surface area contributed by atoms with Crippen molar-refractivity contribution in [1.82, 2.24) is 0 Å². The molecule has 4 rings (SSSR count). The number of carbonyl (C=O) groups is 2. The number of para-hydroxylation sites is 1. The Hall–Kier alpha value is -2.80. The van der Waals surface area contributed by atoms with Crippen LogP contribution in [0.4, 0.5) is 11.4 Å². The highest BCUT2D eigenvalue weighted by Gasteiger charge is 2.51. The number of benzene rings is 3. The number of nitrogens with zero attached hydrogens (tertiary/aromatic N) is 1. The molecule has 1 heterocycles. The van der Waals surface area contributed by atoms with Crippen LogP contribution in [0.2, 0.25) is 5.02 Å². The second-order valence-electron chi connectivity index (χ2n) is 6.91. The van der Waals surface area contributed by atoms with Crippen LogP contribution in [0.25, 0.3) is 0 Å². The molecule has 1 atom stereocenters. The van der Waals surface area contributed by atoms with E-state index < -0.39 is 11.5 Å². The topological polar surface area (TPSA) is 69.6 Å². The van der Waals surface area contributed by atoms with Crippen LogP contribution in [0.15, 0.2) is 77.7 Å². The highest BCUT2D eigenvalue weighted by atomic mass is 35.5. The van der Waals surface area contributed by atoms with Crippen molar-refractivity contribution in [2.24, 2.45) is 0 Å². The van der Waals surface area contributed by atoms with Crippen molar-refractivity contribution in [1.29, 1.82) is 0 Å². The van der Waals surface area contributed by atoms with Gasteiger partial charge in [-0.25, -0.2) is 0 Å². The number of aliphatic hydroxyl groups is 1. The molecule has 0 unspecified atom stereocenters. The van der Waals surface area contributed by atoms with Gasteiger partial charge in [-0.1, -0.05) is 48.0 Å². The van der Waals surface area contributed by atoms with Gasteiger partial charge in [0.05, 0.1) is 5.69 Å². The van der Waals surface area contributed by atoms with Crippen LogP contribution >= 0.6 is 23.4 Å². The predicted molar refractivity (Wildman–Crippen MR) is 120 cm³/mol. The molecule has 2 N–H and O–H groups in total. The third-order valence-corrected chi connectivity index (χ3v) is 6.00. The van der Waals surface area contributed by atoms with Gasteiger partial charge in [-0.05, 0) is 48.2 Å². The minimum atomic E-state index is -1.90. The molecule has 1 aliphatic heterocycles. The van der Waals surface area contributed by atoms with E-state index in [0.717, 1.165) is 4.90 Å². The third-order valence-electron chi connectivity index (χ3n) is 5.04. The second kappa shape index (κ2) is 8.14. The minimum Gasteiger partial charge on any atom is -0.372 e. The number of amides is 2. The minimum absolute atomic E-state index is 0.220. The van der Waals surface area contributed by atoms with Crippen molar-refractivity contribution in [3.63, 3.8) is 0 Å². The summed E-state index contributed by atoms with van der Waals surface area (Å²) >= 11 is 7.67. The number of halogens is 1. The summed E-state index contributed by atoms with van der Waals surface area (Å²) in [5, 5.41) is 14.7. The zero-order valence-electron chi connectivity index (χ0n) is 16.1. The number of rotatable bonds is 5. The molecule has 0 spiro atoms. The smallest absolute Gasteiger partial charge is 0.268 e. The molecule has 7 heteroatoms. The fraction of sp³-hybridized carbons (Fsp3) is 0.130. The first-order valence-corrected chi connectivity index (χ1v) is 10.9. The van der Waals surface area contributed by atoms with Gasteiger partial charge in [0.15, 0.2) is 5.60 Å². The van der Waals surface area contributed by atoms with Crippen LogP contribution in [0, 0.1) is 0 Å². The maximum absolute atomic E-state index is 13.3. The number of nitrogens with one attached hydrogen (secondary N) is 1. The number of carbonyl (C=O) groups excluding carboxylic acids is 2. The zero-order chi connectivity index (χ0) is 21.3. The van der Waals surface area contributed by atoms with E-state index in [-0.39, 0.29) is 12.5 Å². The lowest BCUT2D eigenvalue weighted by Gasteiger charge is -2.23. The van der Waals surface area contributed by atoms with Crippen LogP contribution < -0.4 is 10.2 Å². The fourth-order valence-corrected chi connectivity index (χ4v) is 4.28. The molecule has 0 radical (unpaired) electrons. The largest absolute Gasteiger partial charge is 0.372 e. The van der Waals surface area contributed by atoms with Gasteiger partial charge in [0, 0.05) is 21.2 Å². The van der Waals surface area contributed by atoms with Gasteiger partial charge in [-0.15, -0.1) is 11.8 Å². The SMILES string of the molecule is CSc1cccc(NC(=O)CN2C(=O)[C@@](O)(c3cccc(Cl)c3)c3ccccc32)c1. The van der Waals surface area contributed by atoms with Crippen molar-refractivity contribution in [2.45, 2.75) is 10.5 Å². The molecule has 0 saturated carbocycles. The lowest BCUT2D eigenvalue weighted by molar-refractivity contribution is -0.133. The average molecular weight is 439 g/mol. The monoisotopic (exact) mass is 438 g/mol. The maximum atomic E-state index is 13.3. The summed E-state index contributed by atoms with van der Waals surface area (Å²) in [6.45, 7) is -0.220. The lowest BCUT2D eigenvalue weighted by atomic mass is 9.87. The van der Waals surface area contributed by atoms with Gasteiger partial charge in [0.2, 0.25) is 5.91 Å². The molecule has 5 nitrogen and oxygen atoms in total. The van der Waals surface area contributed by atoms with Gasteiger partial charge in [-0.3, -0.25) is 14.5 Å². The van der Waals surface area contributed by atoms with Crippen LogP contribution in [-0.2, 0) is 15.2 Å². The average Bonchev–Trinajstić information content (AvgIpc) is 2.97. The molecule has 0 bridgehead atoms.